The lowest BCUT2D eigenvalue weighted by atomic mass is 9.98. The predicted molar refractivity (Wildman–Crippen MR) is 70.9 cm³/mol. The Morgan fingerprint density at radius 3 is 2.39 bits per heavy atom. The monoisotopic (exact) mass is 255 g/mol. The molecule has 4 N–H and O–H groups in total. The van der Waals surface area contributed by atoms with Crippen molar-refractivity contribution in [3.05, 3.63) is 0 Å². The van der Waals surface area contributed by atoms with Gasteiger partial charge in [0.2, 0.25) is 11.8 Å². The van der Waals surface area contributed by atoms with Crippen molar-refractivity contribution in [2.24, 2.45) is 11.7 Å². The van der Waals surface area contributed by atoms with Crippen LogP contribution in [0, 0.1) is 5.92 Å². The molecule has 0 heterocycles. The maximum atomic E-state index is 11.8. The van der Waals surface area contributed by atoms with Crippen LogP contribution in [0.1, 0.15) is 46.0 Å². The topological polar surface area (TPSA) is 84.2 Å². The zero-order chi connectivity index (χ0) is 13.6. The molecule has 5 nitrogen and oxygen atoms in total. The molecule has 0 spiro atoms. The average Bonchev–Trinajstić information content (AvgIpc) is 2.74. The van der Waals surface area contributed by atoms with Crippen molar-refractivity contribution in [2.45, 2.75) is 51.5 Å². The summed E-state index contributed by atoms with van der Waals surface area (Å²) in [6.45, 7) is 5.12. The molecule has 1 rings (SSSR count). The molecule has 0 atom stereocenters. The maximum absolute atomic E-state index is 11.8. The molecule has 2 amide bonds. The Labute approximate surface area is 109 Å². The highest BCUT2D eigenvalue weighted by Gasteiger charge is 2.36. The van der Waals surface area contributed by atoms with E-state index in [4.69, 9.17) is 5.73 Å². The highest BCUT2D eigenvalue weighted by Crippen LogP contribution is 2.27. The van der Waals surface area contributed by atoms with E-state index in [1.807, 2.05) is 13.8 Å². The quantitative estimate of drug-likeness (QED) is 0.647. The van der Waals surface area contributed by atoms with Crippen LogP contribution in [0.25, 0.3) is 0 Å². The molecule has 1 aliphatic rings. The fraction of sp³-hybridized carbons (Fsp3) is 0.846. The third-order valence-electron chi connectivity index (χ3n) is 3.29. The van der Waals surface area contributed by atoms with Gasteiger partial charge in [0.05, 0.1) is 5.54 Å². The lowest BCUT2D eigenvalue weighted by molar-refractivity contribution is -0.126. The standard InChI is InChI=1S/C13H25N3O2/c1-10(2)9-16-11(17)5-8-15-12(18)13(14)6-3-4-7-13/h10H,3-9,14H2,1-2H3,(H,15,18)(H,16,17). The smallest absolute Gasteiger partial charge is 0.240 e. The van der Waals surface area contributed by atoms with Crippen LogP contribution in [0.3, 0.4) is 0 Å². The van der Waals surface area contributed by atoms with Crippen molar-refractivity contribution in [1.82, 2.24) is 10.6 Å². The fourth-order valence-electron chi connectivity index (χ4n) is 2.10. The molecule has 0 saturated heterocycles. The molecule has 0 unspecified atom stereocenters. The van der Waals surface area contributed by atoms with Gasteiger partial charge < -0.3 is 16.4 Å². The molecule has 0 aromatic carbocycles. The number of rotatable bonds is 6. The first-order valence-electron chi connectivity index (χ1n) is 6.78. The second kappa shape index (κ2) is 6.73. The van der Waals surface area contributed by atoms with Crippen molar-refractivity contribution in [2.75, 3.05) is 13.1 Å². The Kier molecular flexibility index (Phi) is 5.59. The predicted octanol–water partition coefficient (Wildman–Crippen LogP) is 0.536. The number of amides is 2. The molecule has 18 heavy (non-hydrogen) atoms. The number of nitrogens with two attached hydrogens (primary N) is 1. The van der Waals surface area contributed by atoms with Gasteiger partial charge in [-0.2, -0.15) is 0 Å². The van der Waals surface area contributed by atoms with Crippen LogP contribution in [-0.2, 0) is 9.59 Å². The molecule has 1 fully saturated rings. The van der Waals surface area contributed by atoms with Crippen molar-refractivity contribution in [1.29, 1.82) is 0 Å². The zero-order valence-electron chi connectivity index (χ0n) is 11.4. The molecular formula is C13H25N3O2. The molecule has 1 saturated carbocycles. The molecule has 0 aliphatic heterocycles. The summed E-state index contributed by atoms with van der Waals surface area (Å²) in [5.74, 6) is 0.299. The third-order valence-corrected chi connectivity index (χ3v) is 3.29. The van der Waals surface area contributed by atoms with Gasteiger partial charge in [-0.25, -0.2) is 0 Å². The van der Waals surface area contributed by atoms with E-state index in [0.29, 0.717) is 25.4 Å². The Bertz CT molecular complexity index is 297. The number of hydrogen-bond donors (Lipinski definition) is 3. The van der Waals surface area contributed by atoms with Crippen LogP contribution in [0.2, 0.25) is 0 Å². The molecule has 104 valence electrons. The summed E-state index contributed by atoms with van der Waals surface area (Å²) in [4.78, 5) is 23.3. The van der Waals surface area contributed by atoms with Crippen LogP contribution in [0.5, 0.6) is 0 Å². The summed E-state index contributed by atoms with van der Waals surface area (Å²) in [5.41, 5.74) is 5.31. The first-order valence-corrected chi connectivity index (χ1v) is 6.78. The Morgan fingerprint density at radius 1 is 1.22 bits per heavy atom. The van der Waals surface area contributed by atoms with Gasteiger partial charge in [0.1, 0.15) is 0 Å². The molecule has 0 radical (unpaired) electrons. The second-order valence-electron chi connectivity index (χ2n) is 5.57. The van der Waals surface area contributed by atoms with Gasteiger partial charge in [-0.1, -0.05) is 26.7 Å². The Balaban J connectivity index is 2.17. The minimum absolute atomic E-state index is 0.0264. The zero-order valence-corrected chi connectivity index (χ0v) is 11.4. The van der Waals surface area contributed by atoms with Gasteiger partial charge in [0.15, 0.2) is 0 Å². The molecule has 0 aromatic heterocycles. The first kappa shape index (κ1) is 15.0. The van der Waals surface area contributed by atoms with Gasteiger partial charge in [0, 0.05) is 19.5 Å². The Hall–Kier alpha value is -1.10. The van der Waals surface area contributed by atoms with E-state index >= 15 is 0 Å². The summed E-state index contributed by atoms with van der Waals surface area (Å²) in [6.07, 6.45) is 3.84. The molecular weight excluding hydrogens is 230 g/mol. The van der Waals surface area contributed by atoms with E-state index in [9.17, 15) is 9.59 Å². The van der Waals surface area contributed by atoms with Gasteiger partial charge in [-0.3, -0.25) is 9.59 Å². The van der Waals surface area contributed by atoms with Crippen molar-refractivity contribution in [3.63, 3.8) is 0 Å². The van der Waals surface area contributed by atoms with Gasteiger partial charge in [-0.05, 0) is 18.8 Å². The molecule has 0 aromatic rings. The van der Waals surface area contributed by atoms with Crippen LogP contribution < -0.4 is 16.4 Å². The van der Waals surface area contributed by atoms with Gasteiger partial charge in [-0.15, -0.1) is 0 Å². The van der Waals surface area contributed by atoms with E-state index in [1.54, 1.807) is 0 Å². The molecule has 0 bridgehead atoms. The lowest BCUT2D eigenvalue weighted by Crippen LogP contribution is -2.52. The van der Waals surface area contributed by atoms with Crippen molar-refractivity contribution < 1.29 is 9.59 Å². The van der Waals surface area contributed by atoms with E-state index < -0.39 is 5.54 Å². The summed E-state index contributed by atoms with van der Waals surface area (Å²) in [5, 5.41) is 5.57. The lowest BCUT2D eigenvalue weighted by Gasteiger charge is -2.22. The number of nitrogens with one attached hydrogen (secondary N) is 2. The highest BCUT2D eigenvalue weighted by atomic mass is 16.2. The van der Waals surface area contributed by atoms with Gasteiger partial charge in [0.25, 0.3) is 0 Å². The average molecular weight is 255 g/mol. The maximum Gasteiger partial charge on any atom is 0.240 e. The number of hydrogen-bond acceptors (Lipinski definition) is 3. The summed E-state index contributed by atoms with van der Waals surface area (Å²) < 4.78 is 0. The van der Waals surface area contributed by atoms with E-state index in [-0.39, 0.29) is 11.8 Å². The Morgan fingerprint density at radius 2 is 1.83 bits per heavy atom. The highest BCUT2D eigenvalue weighted by molar-refractivity contribution is 5.86. The van der Waals surface area contributed by atoms with Gasteiger partial charge >= 0.3 is 0 Å². The summed E-state index contributed by atoms with van der Waals surface area (Å²) in [7, 11) is 0. The molecule has 1 aliphatic carbocycles. The number of carbonyl (C=O) groups is 2. The van der Waals surface area contributed by atoms with E-state index in [2.05, 4.69) is 10.6 Å². The van der Waals surface area contributed by atoms with Crippen LogP contribution in [0.4, 0.5) is 0 Å². The largest absolute Gasteiger partial charge is 0.356 e. The van der Waals surface area contributed by atoms with Crippen molar-refractivity contribution in [3.8, 4) is 0 Å². The van der Waals surface area contributed by atoms with Crippen molar-refractivity contribution >= 4 is 11.8 Å². The SMILES string of the molecule is CC(C)CNC(=O)CCNC(=O)C1(N)CCCC1. The molecule has 5 heteroatoms. The number of carbonyl (C=O) groups excluding carboxylic acids is 2. The summed E-state index contributed by atoms with van der Waals surface area (Å²) in [6, 6.07) is 0. The normalized spacial score (nSPS) is 17.8. The minimum atomic E-state index is -0.700. The second-order valence-corrected chi connectivity index (χ2v) is 5.57. The van der Waals surface area contributed by atoms with Crippen LogP contribution in [-0.4, -0.2) is 30.4 Å². The minimum Gasteiger partial charge on any atom is -0.356 e. The van der Waals surface area contributed by atoms with Crippen LogP contribution >= 0.6 is 0 Å². The fourth-order valence-corrected chi connectivity index (χ4v) is 2.10. The summed E-state index contributed by atoms with van der Waals surface area (Å²) >= 11 is 0. The third kappa shape index (κ3) is 4.64. The first-order chi connectivity index (χ1) is 8.44. The van der Waals surface area contributed by atoms with E-state index in [0.717, 1.165) is 25.7 Å². The van der Waals surface area contributed by atoms with E-state index in [1.165, 1.54) is 0 Å². The van der Waals surface area contributed by atoms with Crippen LogP contribution in [0.15, 0.2) is 0 Å².